The van der Waals surface area contributed by atoms with Gasteiger partial charge in [0.05, 0.1) is 13.2 Å². The number of aliphatic hydroxyl groups excluding tert-OH is 1. The van der Waals surface area contributed by atoms with Crippen molar-refractivity contribution in [2.24, 2.45) is 0 Å². The summed E-state index contributed by atoms with van der Waals surface area (Å²) in [7, 11) is 3.57. The number of ketones is 1. The van der Waals surface area contributed by atoms with E-state index in [-0.39, 0.29) is 17.7 Å². The number of carbonyl (C=O) groups is 2. The summed E-state index contributed by atoms with van der Waals surface area (Å²) in [6.45, 7) is 5.61. The van der Waals surface area contributed by atoms with E-state index in [4.69, 9.17) is 14.2 Å². The molecular formula is C29H40N2O6. The molecule has 2 aromatic carbocycles. The van der Waals surface area contributed by atoms with Crippen molar-refractivity contribution in [1.82, 2.24) is 10.2 Å². The minimum Gasteiger partial charge on any atom is -0.497 e. The molecule has 0 spiro atoms. The third-order valence-electron chi connectivity index (χ3n) is 6.72. The number of nitrogens with one attached hydrogen (secondary N) is 1. The van der Waals surface area contributed by atoms with Crippen LogP contribution in [0, 0.1) is 0 Å². The molecule has 2 aromatic rings. The summed E-state index contributed by atoms with van der Waals surface area (Å²) < 4.78 is 16.4. The van der Waals surface area contributed by atoms with Crippen LogP contribution in [0.15, 0.2) is 42.5 Å². The monoisotopic (exact) mass is 512 g/mol. The second-order valence-electron chi connectivity index (χ2n) is 9.77. The molecule has 3 rings (SSSR count). The van der Waals surface area contributed by atoms with Gasteiger partial charge in [0.2, 0.25) is 5.91 Å². The average molecular weight is 513 g/mol. The lowest BCUT2D eigenvalue weighted by Gasteiger charge is -2.31. The number of likely N-dealkylation sites (N-methyl/N-ethyl adjacent to an activating group) is 1. The summed E-state index contributed by atoms with van der Waals surface area (Å²) in [5, 5.41) is 14.2. The van der Waals surface area contributed by atoms with Gasteiger partial charge in [0, 0.05) is 31.0 Å². The second-order valence-corrected chi connectivity index (χ2v) is 9.77. The van der Waals surface area contributed by atoms with Gasteiger partial charge in [0.25, 0.3) is 0 Å². The number of aliphatic hydroxyl groups is 1. The van der Waals surface area contributed by atoms with E-state index in [0.29, 0.717) is 61.6 Å². The number of hydrogen-bond acceptors (Lipinski definition) is 7. The van der Waals surface area contributed by atoms with Crippen LogP contribution in [-0.4, -0.2) is 67.7 Å². The fourth-order valence-corrected chi connectivity index (χ4v) is 4.17. The van der Waals surface area contributed by atoms with E-state index < -0.39 is 12.1 Å². The lowest BCUT2D eigenvalue weighted by Crippen LogP contribution is -2.47. The van der Waals surface area contributed by atoms with Gasteiger partial charge in [0.1, 0.15) is 25.1 Å². The fourth-order valence-electron chi connectivity index (χ4n) is 4.17. The highest BCUT2D eigenvalue weighted by atomic mass is 16.6. The highest BCUT2D eigenvalue weighted by Gasteiger charge is 2.26. The Morgan fingerprint density at radius 2 is 1.68 bits per heavy atom. The topological polar surface area (TPSA) is 97.3 Å². The number of benzene rings is 2. The summed E-state index contributed by atoms with van der Waals surface area (Å²) in [6.07, 6.45) is 2.05. The molecule has 2 atom stereocenters. The van der Waals surface area contributed by atoms with Gasteiger partial charge in [-0.2, -0.15) is 0 Å². The third-order valence-corrected chi connectivity index (χ3v) is 6.72. The molecule has 0 radical (unpaired) electrons. The van der Waals surface area contributed by atoms with Gasteiger partial charge in [0.15, 0.2) is 17.3 Å². The van der Waals surface area contributed by atoms with E-state index in [1.807, 2.05) is 13.1 Å². The zero-order valence-corrected chi connectivity index (χ0v) is 22.4. The number of amides is 1. The molecule has 0 fully saturated rings. The summed E-state index contributed by atoms with van der Waals surface area (Å²) >= 11 is 0. The zero-order valence-electron chi connectivity index (χ0n) is 22.4. The Balaban J connectivity index is 1.50. The average Bonchev–Trinajstić information content (AvgIpc) is 2.91. The van der Waals surface area contributed by atoms with Crippen molar-refractivity contribution < 1.29 is 28.9 Å². The van der Waals surface area contributed by atoms with E-state index >= 15 is 0 Å². The van der Waals surface area contributed by atoms with Gasteiger partial charge in [-0.15, -0.1) is 0 Å². The van der Waals surface area contributed by atoms with Crippen LogP contribution in [0.1, 0.15) is 68.0 Å². The van der Waals surface area contributed by atoms with E-state index in [1.165, 1.54) is 0 Å². The smallest absolute Gasteiger partial charge is 0.220 e. The number of nitrogens with zero attached hydrogens (tertiary/aromatic N) is 1. The SMILES string of the molecule is COc1ccc(C(=O)CCCCCC(=O)N[C@@H](CN(C)C(C)C)[C@@H](O)c2ccc3c(c2)OCCO3)cc1. The van der Waals surface area contributed by atoms with Crippen LogP contribution in [0.3, 0.4) is 0 Å². The second kappa shape index (κ2) is 14.0. The van der Waals surface area contributed by atoms with Crippen LogP contribution >= 0.6 is 0 Å². The Morgan fingerprint density at radius 1 is 1.00 bits per heavy atom. The maximum absolute atomic E-state index is 12.8. The first kappa shape index (κ1) is 28.5. The number of unbranched alkanes of at least 4 members (excludes halogenated alkanes) is 2. The molecule has 2 N–H and O–H groups in total. The van der Waals surface area contributed by atoms with Crippen LogP contribution in [0.2, 0.25) is 0 Å². The number of fused-ring (bicyclic) bond motifs is 1. The van der Waals surface area contributed by atoms with E-state index in [0.717, 1.165) is 18.6 Å². The molecule has 1 aliphatic heterocycles. The Bertz CT molecular complexity index is 1020. The minimum atomic E-state index is -0.900. The maximum atomic E-state index is 12.8. The normalized spacial score (nSPS) is 14.4. The van der Waals surface area contributed by atoms with Crippen LogP contribution in [-0.2, 0) is 4.79 Å². The van der Waals surface area contributed by atoms with Crippen molar-refractivity contribution in [2.75, 3.05) is 33.9 Å². The van der Waals surface area contributed by atoms with Gasteiger partial charge in [-0.05, 0) is 75.7 Å². The molecule has 0 aliphatic carbocycles. The number of rotatable bonds is 14. The molecule has 37 heavy (non-hydrogen) atoms. The van der Waals surface area contributed by atoms with E-state index in [9.17, 15) is 14.7 Å². The van der Waals surface area contributed by atoms with Crippen molar-refractivity contribution in [1.29, 1.82) is 0 Å². The first-order valence-electron chi connectivity index (χ1n) is 13.0. The lowest BCUT2D eigenvalue weighted by molar-refractivity contribution is -0.123. The molecular weight excluding hydrogens is 472 g/mol. The van der Waals surface area contributed by atoms with Gasteiger partial charge in [-0.1, -0.05) is 12.5 Å². The van der Waals surface area contributed by atoms with Crippen molar-refractivity contribution in [3.8, 4) is 17.2 Å². The van der Waals surface area contributed by atoms with Crippen LogP contribution in [0.25, 0.3) is 0 Å². The number of methoxy groups -OCH3 is 1. The number of hydrogen-bond donors (Lipinski definition) is 2. The van der Waals surface area contributed by atoms with Gasteiger partial charge >= 0.3 is 0 Å². The molecule has 0 unspecified atom stereocenters. The summed E-state index contributed by atoms with van der Waals surface area (Å²) in [6, 6.07) is 12.3. The Labute approximate surface area is 219 Å². The molecule has 202 valence electrons. The quantitative estimate of drug-likeness (QED) is 0.290. The number of ether oxygens (including phenoxy) is 3. The fraction of sp³-hybridized carbons (Fsp3) is 0.517. The molecule has 0 saturated carbocycles. The minimum absolute atomic E-state index is 0.0893. The Morgan fingerprint density at radius 3 is 2.35 bits per heavy atom. The highest BCUT2D eigenvalue weighted by Crippen LogP contribution is 2.33. The number of Topliss-reactive ketones (excluding diaryl/α,β-unsaturated/α-hetero) is 1. The molecule has 0 aromatic heterocycles. The van der Waals surface area contributed by atoms with Crippen LogP contribution in [0.5, 0.6) is 17.2 Å². The molecule has 1 amide bonds. The van der Waals surface area contributed by atoms with Crippen molar-refractivity contribution in [3.05, 3.63) is 53.6 Å². The maximum Gasteiger partial charge on any atom is 0.220 e. The third kappa shape index (κ3) is 8.47. The van der Waals surface area contributed by atoms with Gasteiger partial charge in [-0.25, -0.2) is 0 Å². The van der Waals surface area contributed by atoms with Crippen LogP contribution < -0.4 is 19.5 Å². The van der Waals surface area contributed by atoms with Crippen molar-refractivity contribution in [2.45, 2.75) is 64.1 Å². The zero-order chi connectivity index (χ0) is 26.8. The largest absolute Gasteiger partial charge is 0.497 e. The summed E-state index contributed by atoms with van der Waals surface area (Å²) in [5.74, 6) is 1.97. The summed E-state index contributed by atoms with van der Waals surface area (Å²) in [4.78, 5) is 27.3. The van der Waals surface area contributed by atoms with Crippen molar-refractivity contribution in [3.63, 3.8) is 0 Å². The van der Waals surface area contributed by atoms with Gasteiger partial charge < -0.3 is 29.5 Å². The van der Waals surface area contributed by atoms with Crippen LogP contribution in [0.4, 0.5) is 0 Å². The number of carbonyl (C=O) groups excluding carboxylic acids is 2. The van der Waals surface area contributed by atoms with E-state index in [2.05, 4.69) is 24.1 Å². The molecule has 8 heteroatoms. The van der Waals surface area contributed by atoms with Gasteiger partial charge in [-0.3, -0.25) is 9.59 Å². The first-order valence-corrected chi connectivity index (χ1v) is 13.0. The van der Waals surface area contributed by atoms with Crippen molar-refractivity contribution >= 4 is 11.7 Å². The standard InChI is InChI=1S/C29H40N2O6/c1-20(2)31(3)19-24(29(34)22-12-15-26-27(18-22)37-17-16-36-26)30-28(33)9-7-5-6-8-25(32)21-10-13-23(35-4)14-11-21/h10-15,18,20,24,29,34H,5-9,16-17,19H2,1-4H3,(H,30,33)/t24-,29-/m0/s1. The predicted octanol–water partition coefficient (Wildman–Crippen LogP) is 4.16. The lowest BCUT2D eigenvalue weighted by atomic mass is 10.00. The predicted molar refractivity (Wildman–Crippen MR) is 142 cm³/mol. The Hall–Kier alpha value is -3.10. The molecule has 0 saturated heterocycles. The Kier molecular flexibility index (Phi) is 10.8. The molecule has 8 nitrogen and oxygen atoms in total. The molecule has 1 aliphatic rings. The van der Waals surface area contributed by atoms with E-state index in [1.54, 1.807) is 43.5 Å². The molecule has 0 bridgehead atoms. The first-order chi connectivity index (χ1) is 17.8. The highest BCUT2D eigenvalue weighted by molar-refractivity contribution is 5.96. The molecule has 1 heterocycles. The summed E-state index contributed by atoms with van der Waals surface area (Å²) in [5.41, 5.74) is 1.34.